The summed E-state index contributed by atoms with van der Waals surface area (Å²) in [5, 5.41) is 11.5. The van der Waals surface area contributed by atoms with E-state index in [1.807, 2.05) is 14.0 Å². The largest absolute Gasteiger partial charge is 0.477 e. The zero-order valence-corrected chi connectivity index (χ0v) is 23.9. The molecule has 10 heteroatoms. The number of carbonyl (C=O) groups is 1. The predicted molar refractivity (Wildman–Crippen MR) is 159 cm³/mol. The Kier molecular flexibility index (Phi) is 6.65. The van der Waals surface area contributed by atoms with Crippen molar-refractivity contribution in [2.75, 3.05) is 41.9 Å². The summed E-state index contributed by atoms with van der Waals surface area (Å²) >= 11 is 0. The molecule has 214 valence electrons. The van der Waals surface area contributed by atoms with E-state index in [2.05, 4.69) is 50.7 Å². The molecule has 2 atom stereocenters. The molecule has 4 aliphatic rings. The molecule has 5 heterocycles. The van der Waals surface area contributed by atoms with Gasteiger partial charge in [0.1, 0.15) is 0 Å². The maximum atomic E-state index is 13.7. The quantitative estimate of drug-likeness (QED) is 0.470. The third-order valence-corrected chi connectivity index (χ3v) is 8.79. The van der Waals surface area contributed by atoms with Crippen molar-refractivity contribution in [3.05, 3.63) is 47.8 Å². The molecule has 10 nitrogen and oxygen atoms in total. The molecule has 41 heavy (non-hydrogen) atoms. The number of aliphatic imine (C=N–C) groups is 1. The van der Waals surface area contributed by atoms with Gasteiger partial charge in [-0.25, -0.2) is 4.68 Å². The number of aromatic nitrogens is 3. The molecule has 2 N–H and O–H groups in total. The number of amides is 1. The minimum atomic E-state index is -0.307. The van der Waals surface area contributed by atoms with Crippen molar-refractivity contribution in [2.24, 2.45) is 29.8 Å². The number of pyridine rings is 1. The van der Waals surface area contributed by atoms with Gasteiger partial charge in [0, 0.05) is 42.5 Å². The highest BCUT2D eigenvalue weighted by Crippen LogP contribution is 2.43. The molecular weight excluding hydrogens is 518 g/mol. The van der Waals surface area contributed by atoms with Gasteiger partial charge in [0.25, 0.3) is 5.91 Å². The fourth-order valence-corrected chi connectivity index (χ4v) is 6.12. The minimum Gasteiger partial charge on any atom is -0.477 e. The molecule has 1 aromatic carbocycles. The second-order valence-corrected chi connectivity index (χ2v) is 11.9. The van der Waals surface area contributed by atoms with E-state index in [1.165, 1.54) is 12.8 Å². The van der Waals surface area contributed by atoms with Crippen LogP contribution in [0.4, 0.5) is 17.1 Å². The highest BCUT2D eigenvalue weighted by molar-refractivity contribution is 6.19. The molecule has 1 amide bonds. The van der Waals surface area contributed by atoms with Crippen LogP contribution in [0.2, 0.25) is 0 Å². The SMILES string of the molecule is Cc1cc2cc(n1)-c1cnn(C)c1OCCC[C@@H](C1CC1)CN1/C(=N/C2=O)Nc2cc(N[C@@H](C)C3COC3)ccc21. The predicted octanol–water partition coefficient (Wildman–Crippen LogP) is 4.86. The van der Waals surface area contributed by atoms with Gasteiger partial charge in [-0.3, -0.25) is 9.78 Å². The van der Waals surface area contributed by atoms with Gasteiger partial charge in [-0.2, -0.15) is 10.1 Å². The smallest absolute Gasteiger partial charge is 0.280 e. The lowest BCUT2D eigenvalue weighted by molar-refractivity contribution is -0.0379. The lowest BCUT2D eigenvalue weighted by Gasteiger charge is -2.32. The number of carbonyl (C=O) groups excluding carboxylic acids is 1. The highest BCUT2D eigenvalue weighted by atomic mass is 16.5. The van der Waals surface area contributed by atoms with Gasteiger partial charge in [-0.05, 0) is 81.7 Å². The van der Waals surface area contributed by atoms with E-state index in [0.29, 0.717) is 53.5 Å². The van der Waals surface area contributed by atoms with Crippen molar-refractivity contribution < 1.29 is 14.3 Å². The lowest BCUT2D eigenvalue weighted by Crippen LogP contribution is -2.40. The van der Waals surface area contributed by atoms with E-state index >= 15 is 0 Å². The first-order chi connectivity index (χ1) is 19.9. The highest BCUT2D eigenvalue weighted by Gasteiger charge is 2.36. The molecule has 1 saturated carbocycles. The first-order valence-electron chi connectivity index (χ1n) is 14.7. The molecule has 2 aromatic heterocycles. The van der Waals surface area contributed by atoms with Crippen molar-refractivity contribution in [3.8, 4) is 17.1 Å². The van der Waals surface area contributed by atoms with Gasteiger partial charge in [-0.1, -0.05) is 0 Å². The molecule has 2 fully saturated rings. The molecule has 3 aromatic rings. The molecule has 3 aliphatic heterocycles. The maximum Gasteiger partial charge on any atom is 0.280 e. The maximum absolute atomic E-state index is 13.7. The fraction of sp³-hybridized carbons (Fsp3) is 0.484. The Hall–Kier alpha value is -3.92. The summed E-state index contributed by atoms with van der Waals surface area (Å²) in [6.45, 7) is 7.09. The monoisotopic (exact) mass is 555 g/mol. The standard InChI is InChI=1S/C31H37N7O3/c1-18-11-22-12-26(33-18)25-14-32-37(3)30(25)41-10-4-5-21(20-6-7-20)15-38-28-9-8-24(34-19(2)23-16-40-17-23)13-27(28)35-31(38)36-29(22)39/h8-9,11-14,19-21,23,34H,4-7,10,15-17H2,1-3H3,(H,35,36,39)/t19-,21+/m0/s1. The van der Waals surface area contributed by atoms with Crippen molar-refractivity contribution in [1.82, 2.24) is 14.8 Å². The molecule has 2 bridgehead atoms. The summed E-state index contributed by atoms with van der Waals surface area (Å²) in [6.07, 6.45) is 6.22. The number of benzene rings is 1. The van der Waals surface area contributed by atoms with Crippen LogP contribution in [-0.4, -0.2) is 59.0 Å². The van der Waals surface area contributed by atoms with Crippen LogP contribution in [0.1, 0.15) is 48.7 Å². The Morgan fingerprint density at radius 3 is 2.76 bits per heavy atom. The number of hydrogen-bond acceptors (Lipinski definition) is 8. The molecule has 0 radical (unpaired) electrons. The average Bonchev–Trinajstić information content (AvgIpc) is 3.61. The molecular formula is C31H37N7O3. The molecule has 0 unspecified atom stereocenters. The van der Waals surface area contributed by atoms with Crippen LogP contribution < -0.4 is 20.3 Å². The van der Waals surface area contributed by atoms with E-state index in [0.717, 1.165) is 60.9 Å². The second-order valence-electron chi connectivity index (χ2n) is 11.9. The molecule has 0 spiro atoms. The summed E-state index contributed by atoms with van der Waals surface area (Å²) in [4.78, 5) is 25.3. The minimum absolute atomic E-state index is 0.307. The number of guanidine groups is 1. The van der Waals surface area contributed by atoms with Crippen LogP contribution in [-0.2, 0) is 11.8 Å². The Balaban J connectivity index is 1.25. The number of hydrogen-bond donors (Lipinski definition) is 2. The van der Waals surface area contributed by atoms with Crippen LogP contribution in [0.15, 0.2) is 41.5 Å². The Morgan fingerprint density at radius 1 is 1.12 bits per heavy atom. The van der Waals surface area contributed by atoms with Crippen molar-refractivity contribution in [2.45, 2.75) is 45.6 Å². The Bertz CT molecular complexity index is 1510. The first-order valence-corrected chi connectivity index (χ1v) is 14.7. The third kappa shape index (κ3) is 5.16. The summed E-state index contributed by atoms with van der Waals surface area (Å²) in [5.74, 6) is 2.63. The van der Waals surface area contributed by atoms with Crippen molar-refractivity contribution in [1.29, 1.82) is 0 Å². The fourth-order valence-electron chi connectivity index (χ4n) is 6.12. The Morgan fingerprint density at radius 2 is 1.98 bits per heavy atom. The van der Waals surface area contributed by atoms with Crippen LogP contribution in [0.5, 0.6) is 5.88 Å². The van der Waals surface area contributed by atoms with Crippen molar-refractivity contribution >= 4 is 28.9 Å². The summed E-state index contributed by atoms with van der Waals surface area (Å²) in [5.41, 5.74) is 5.72. The second kappa shape index (κ2) is 10.5. The molecule has 1 aliphatic carbocycles. The number of aryl methyl sites for hydroxylation is 2. The van der Waals surface area contributed by atoms with Crippen LogP contribution in [0.3, 0.4) is 0 Å². The van der Waals surface area contributed by atoms with E-state index in [-0.39, 0.29) is 5.91 Å². The van der Waals surface area contributed by atoms with E-state index in [1.54, 1.807) is 23.0 Å². The zero-order valence-electron chi connectivity index (χ0n) is 23.9. The number of nitrogens with zero attached hydrogens (tertiary/aromatic N) is 5. The number of ether oxygens (including phenoxy) is 2. The lowest BCUT2D eigenvalue weighted by atomic mass is 9.97. The normalized spacial score (nSPS) is 22.9. The van der Waals surface area contributed by atoms with E-state index in [9.17, 15) is 4.79 Å². The summed E-state index contributed by atoms with van der Waals surface area (Å²) in [6, 6.07) is 10.3. The van der Waals surface area contributed by atoms with Gasteiger partial charge in [-0.15, -0.1) is 0 Å². The van der Waals surface area contributed by atoms with Gasteiger partial charge in [0.2, 0.25) is 11.8 Å². The number of anilines is 3. The van der Waals surface area contributed by atoms with Crippen molar-refractivity contribution in [3.63, 3.8) is 0 Å². The number of nitrogens with one attached hydrogen (secondary N) is 2. The zero-order chi connectivity index (χ0) is 28.1. The van der Waals surface area contributed by atoms with Gasteiger partial charge in [0.15, 0.2) is 0 Å². The topological polar surface area (TPSA) is 106 Å². The van der Waals surface area contributed by atoms with Crippen LogP contribution in [0, 0.1) is 24.7 Å². The number of fused-ring (bicyclic) bond motifs is 7. The first kappa shape index (κ1) is 26.0. The van der Waals surface area contributed by atoms with Gasteiger partial charge >= 0.3 is 0 Å². The van der Waals surface area contributed by atoms with Gasteiger partial charge < -0.3 is 25.0 Å². The molecule has 1 saturated heterocycles. The number of rotatable bonds is 4. The van der Waals surface area contributed by atoms with Crippen LogP contribution >= 0.6 is 0 Å². The summed E-state index contributed by atoms with van der Waals surface area (Å²) in [7, 11) is 1.87. The van der Waals surface area contributed by atoms with E-state index < -0.39 is 0 Å². The Labute approximate surface area is 240 Å². The van der Waals surface area contributed by atoms with Crippen LogP contribution in [0.25, 0.3) is 11.3 Å². The van der Waals surface area contributed by atoms with E-state index in [4.69, 9.17) is 14.5 Å². The third-order valence-electron chi connectivity index (χ3n) is 8.79. The molecule has 7 rings (SSSR count). The van der Waals surface area contributed by atoms with Gasteiger partial charge in [0.05, 0.1) is 48.6 Å². The average molecular weight is 556 g/mol. The summed E-state index contributed by atoms with van der Waals surface area (Å²) < 4.78 is 13.4.